The first-order valence-corrected chi connectivity index (χ1v) is 8.41. The molecule has 110 valence electrons. The van der Waals surface area contributed by atoms with E-state index in [1.54, 1.807) is 11.8 Å². The first-order valence-electron chi connectivity index (χ1n) is 7.19. The van der Waals surface area contributed by atoms with Crippen LogP contribution in [0.4, 0.5) is 11.6 Å². The van der Waals surface area contributed by atoms with Crippen molar-refractivity contribution in [3.8, 4) is 0 Å². The molecule has 3 N–H and O–H groups in total. The van der Waals surface area contributed by atoms with Crippen LogP contribution in [0.15, 0.2) is 11.2 Å². The van der Waals surface area contributed by atoms with Crippen LogP contribution in [0.2, 0.25) is 0 Å². The molecular formula is C13H22N6S. The summed E-state index contributed by atoms with van der Waals surface area (Å²) in [5.41, 5.74) is 2.63. The standard InChI is InChI=1S/C13H22N6S/c1-20-13-15-11(17-14)8-12(16-13)19-7-4-10(9-19)18-5-2-3-6-18/h8,10H,2-7,9,14H2,1H3,(H,15,16,17). The van der Waals surface area contributed by atoms with Crippen molar-refractivity contribution in [3.05, 3.63) is 6.07 Å². The van der Waals surface area contributed by atoms with E-state index in [9.17, 15) is 0 Å². The van der Waals surface area contributed by atoms with Crippen molar-refractivity contribution in [2.45, 2.75) is 30.5 Å². The average molecular weight is 294 g/mol. The second-order valence-electron chi connectivity index (χ2n) is 5.37. The van der Waals surface area contributed by atoms with Gasteiger partial charge in [0.2, 0.25) is 0 Å². The zero-order valence-electron chi connectivity index (χ0n) is 11.9. The highest BCUT2D eigenvalue weighted by Gasteiger charge is 2.30. The maximum atomic E-state index is 5.49. The van der Waals surface area contributed by atoms with Gasteiger partial charge in [0.25, 0.3) is 0 Å². The molecule has 0 saturated carbocycles. The van der Waals surface area contributed by atoms with Gasteiger partial charge in [0.15, 0.2) is 5.16 Å². The van der Waals surface area contributed by atoms with E-state index >= 15 is 0 Å². The van der Waals surface area contributed by atoms with Crippen molar-refractivity contribution < 1.29 is 0 Å². The maximum absolute atomic E-state index is 5.49. The molecule has 2 saturated heterocycles. The van der Waals surface area contributed by atoms with E-state index in [1.807, 2.05) is 12.3 Å². The Morgan fingerprint density at radius 2 is 2.10 bits per heavy atom. The fourth-order valence-corrected chi connectivity index (χ4v) is 3.47. The van der Waals surface area contributed by atoms with Gasteiger partial charge in [-0.1, -0.05) is 11.8 Å². The third-order valence-corrected chi connectivity index (χ3v) is 4.71. The number of nitrogens with two attached hydrogens (primary N) is 1. The second kappa shape index (κ2) is 6.15. The minimum Gasteiger partial charge on any atom is -0.355 e. The van der Waals surface area contributed by atoms with Crippen LogP contribution in [-0.2, 0) is 0 Å². The first kappa shape index (κ1) is 13.9. The predicted octanol–water partition coefficient (Wildman–Crippen LogP) is 1.16. The minimum absolute atomic E-state index is 0.680. The van der Waals surface area contributed by atoms with Crippen LogP contribution in [0.3, 0.4) is 0 Å². The van der Waals surface area contributed by atoms with Crippen molar-refractivity contribution in [2.75, 3.05) is 42.8 Å². The summed E-state index contributed by atoms with van der Waals surface area (Å²) in [7, 11) is 0. The third-order valence-electron chi connectivity index (χ3n) is 4.17. The molecule has 0 aliphatic carbocycles. The molecule has 1 aromatic heterocycles. The lowest BCUT2D eigenvalue weighted by atomic mass is 10.2. The van der Waals surface area contributed by atoms with E-state index < -0.39 is 0 Å². The average Bonchev–Trinajstić information content (AvgIpc) is 3.17. The summed E-state index contributed by atoms with van der Waals surface area (Å²) in [6, 6.07) is 2.62. The zero-order chi connectivity index (χ0) is 13.9. The number of nitrogen functional groups attached to an aromatic ring is 1. The van der Waals surface area contributed by atoms with Crippen LogP contribution >= 0.6 is 11.8 Å². The number of rotatable bonds is 4. The molecule has 6 nitrogen and oxygen atoms in total. The SMILES string of the molecule is CSc1nc(NN)cc(N2CCC(N3CCCC3)C2)n1. The lowest BCUT2D eigenvalue weighted by Gasteiger charge is -2.24. The fourth-order valence-electron chi connectivity index (χ4n) is 3.09. The number of nitrogens with zero attached hydrogens (tertiary/aromatic N) is 4. The molecule has 2 fully saturated rings. The minimum atomic E-state index is 0.680. The van der Waals surface area contributed by atoms with Crippen LogP contribution < -0.4 is 16.2 Å². The molecule has 1 unspecified atom stereocenters. The smallest absolute Gasteiger partial charge is 0.191 e. The highest BCUT2D eigenvalue weighted by atomic mass is 32.2. The summed E-state index contributed by atoms with van der Waals surface area (Å²) < 4.78 is 0. The van der Waals surface area contributed by atoms with Gasteiger partial charge in [0.05, 0.1) is 0 Å². The van der Waals surface area contributed by atoms with Gasteiger partial charge < -0.3 is 10.3 Å². The molecule has 2 aliphatic heterocycles. The Morgan fingerprint density at radius 3 is 2.80 bits per heavy atom. The Bertz CT molecular complexity index is 440. The van der Waals surface area contributed by atoms with Crippen molar-refractivity contribution in [2.24, 2.45) is 5.84 Å². The van der Waals surface area contributed by atoms with E-state index in [0.29, 0.717) is 11.9 Å². The van der Waals surface area contributed by atoms with Crippen LogP contribution in [0.1, 0.15) is 19.3 Å². The lowest BCUT2D eigenvalue weighted by molar-refractivity contribution is 0.260. The number of likely N-dealkylation sites (tertiary alicyclic amines) is 1. The second-order valence-corrected chi connectivity index (χ2v) is 6.15. The van der Waals surface area contributed by atoms with Gasteiger partial charge in [-0.25, -0.2) is 15.8 Å². The van der Waals surface area contributed by atoms with Gasteiger partial charge in [-0.15, -0.1) is 0 Å². The van der Waals surface area contributed by atoms with Crippen molar-refractivity contribution in [1.82, 2.24) is 14.9 Å². The van der Waals surface area contributed by atoms with Gasteiger partial charge in [-0.05, 0) is 38.6 Å². The highest BCUT2D eigenvalue weighted by molar-refractivity contribution is 7.98. The zero-order valence-corrected chi connectivity index (χ0v) is 12.7. The van der Waals surface area contributed by atoms with Crippen LogP contribution in [0, 0.1) is 0 Å². The summed E-state index contributed by atoms with van der Waals surface area (Å²) in [6.07, 6.45) is 5.91. The van der Waals surface area contributed by atoms with Gasteiger partial charge in [0, 0.05) is 25.2 Å². The van der Waals surface area contributed by atoms with E-state index in [4.69, 9.17) is 5.84 Å². The molecule has 2 aliphatic rings. The third kappa shape index (κ3) is 2.84. The molecule has 0 aromatic carbocycles. The van der Waals surface area contributed by atoms with Crippen molar-refractivity contribution in [3.63, 3.8) is 0 Å². The molecule has 3 heterocycles. The number of aromatic nitrogens is 2. The summed E-state index contributed by atoms with van der Waals surface area (Å²) in [4.78, 5) is 13.9. The first-order chi connectivity index (χ1) is 9.80. The highest BCUT2D eigenvalue weighted by Crippen LogP contribution is 2.26. The Morgan fingerprint density at radius 1 is 1.30 bits per heavy atom. The van der Waals surface area contributed by atoms with Gasteiger partial charge in [-0.2, -0.15) is 0 Å². The molecule has 7 heteroatoms. The van der Waals surface area contributed by atoms with Crippen LogP contribution in [-0.4, -0.2) is 53.3 Å². The number of thioether (sulfide) groups is 1. The summed E-state index contributed by atoms with van der Waals surface area (Å²) in [5, 5.41) is 0.764. The molecule has 1 aromatic rings. The van der Waals surface area contributed by atoms with E-state index in [2.05, 4.69) is 25.2 Å². The number of hydrazine groups is 1. The molecular weight excluding hydrogens is 272 g/mol. The topological polar surface area (TPSA) is 70.3 Å². The van der Waals surface area contributed by atoms with Gasteiger partial charge in [0.1, 0.15) is 11.6 Å². The summed E-state index contributed by atoms with van der Waals surface area (Å²) >= 11 is 1.54. The number of anilines is 2. The van der Waals surface area contributed by atoms with Crippen molar-refractivity contribution >= 4 is 23.4 Å². The number of hydrogen-bond donors (Lipinski definition) is 2. The van der Waals surface area contributed by atoms with E-state index in [0.717, 1.165) is 24.1 Å². The Hall–Kier alpha value is -1.05. The molecule has 0 amide bonds. The largest absolute Gasteiger partial charge is 0.355 e. The predicted molar refractivity (Wildman–Crippen MR) is 83.0 cm³/mol. The van der Waals surface area contributed by atoms with Gasteiger partial charge in [-0.3, -0.25) is 4.90 Å². The van der Waals surface area contributed by atoms with Crippen molar-refractivity contribution in [1.29, 1.82) is 0 Å². The number of nitrogens with one attached hydrogen (secondary N) is 1. The van der Waals surface area contributed by atoms with Crippen LogP contribution in [0.5, 0.6) is 0 Å². The monoisotopic (exact) mass is 294 g/mol. The molecule has 1 atom stereocenters. The quantitative estimate of drug-likeness (QED) is 0.374. The molecule has 0 radical (unpaired) electrons. The van der Waals surface area contributed by atoms with Gasteiger partial charge >= 0.3 is 0 Å². The molecule has 0 bridgehead atoms. The maximum Gasteiger partial charge on any atom is 0.191 e. The fraction of sp³-hybridized carbons (Fsp3) is 0.692. The number of hydrogen-bond acceptors (Lipinski definition) is 7. The molecule has 3 rings (SSSR count). The van der Waals surface area contributed by atoms with E-state index in [1.165, 1.54) is 32.4 Å². The Balaban J connectivity index is 1.73. The van der Waals surface area contributed by atoms with Crippen LogP contribution in [0.25, 0.3) is 0 Å². The molecule has 0 spiro atoms. The summed E-state index contributed by atoms with van der Waals surface area (Å²) in [5.74, 6) is 7.16. The summed E-state index contributed by atoms with van der Waals surface area (Å²) in [6.45, 7) is 4.65. The normalized spacial score (nSPS) is 23.5. The Kier molecular flexibility index (Phi) is 4.28. The van der Waals surface area contributed by atoms with E-state index in [-0.39, 0.29) is 0 Å². The lowest BCUT2D eigenvalue weighted by Crippen LogP contribution is -2.35. The molecule has 20 heavy (non-hydrogen) atoms. The Labute approximate surface area is 124 Å².